The Bertz CT molecular complexity index is 2450. The molecule has 5 aromatic rings. The fourth-order valence-corrected chi connectivity index (χ4v) is 13.5. The van der Waals surface area contributed by atoms with Crippen molar-refractivity contribution in [1.82, 2.24) is 0 Å². The minimum absolute atomic E-state index is 0.204. The Kier molecular flexibility index (Phi) is 4.59. The first kappa shape index (κ1) is 19.1. The number of hydrogen-bond acceptors (Lipinski definition) is 2. The highest BCUT2D eigenvalue weighted by Gasteiger charge is 2.39. The van der Waals surface area contributed by atoms with Crippen LogP contribution < -0.4 is 10.4 Å². The van der Waals surface area contributed by atoms with E-state index in [1.165, 1.54) is 23.5 Å². The summed E-state index contributed by atoms with van der Waals surface area (Å²) in [6, 6.07) is 30.5. The van der Waals surface area contributed by atoms with Crippen LogP contribution in [0.25, 0.3) is 11.1 Å². The topological polar surface area (TPSA) is 0 Å². The Morgan fingerprint density at radius 2 is 1.20 bits per heavy atom. The molecule has 2 heterocycles. The van der Waals surface area contributed by atoms with E-state index in [-0.39, 0.29) is 22.3 Å². The summed E-state index contributed by atoms with van der Waals surface area (Å²) in [7, 11) is -2.91. The first-order valence-electron chi connectivity index (χ1n) is 22.4. The summed E-state index contributed by atoms with van der Waals surface area (Å²) >= 11 is 2.75. The maximum absolute atomic E-state index is 9.80. The molecular weight excluding hydrogens is 609 g/mol. The fourth-order valence-electron chi connectivity index (χ4n) is 7.52. The van der Waals surface area contributed by atoms with Crippen LogP contribution in [0.3, 0.4) is 0 Å². The number of rotatable bonds is 4. The van der Waals surface area contributed by atoms with Gasteiger partial charge in [0.1, 0.15) is 8.07 Å². The lowest BCUT2D eigenvalue weighted by atomic mass is 9.76. The van der Waals surface area contributed by atoms with E-state index >= 15 is 0 Å². The molecule has 3 heteroatoms. The Morgan fingerprint density at radius 3 is 1.85 bits per heavy atom. The molecule has 3 aliphatic rings. The third-order valence-corrected chi connectivity index (χ3v) is 16.3. The van der Waals surface area contributed by atoms with Crippen molar-refractivity contribution in [2.45, 2.75) is 102 Å². The molecule has 0 N–H and O–H groups in total. The molecule has 0 spiro atoms. The first-order valence-corrected chi connectivity index (χ1v) is 20.5. The van der Waals surface area contributed by atoms with Crippen LogP contribution in [-0.2, 0) is 10.8 Å². The molecule has 0 nitrogen and oxygen atoms in total. The van der Waals surface area contributed by atoms with Crippen molar-refractivity contribution in [2.24, 2.45) is 0 Å². The zero-order valence-electron chi connectivity index (χ0n) is 39.0. The summed E-state index contributed by atoms with van der Waals surface area (Å²) < 4.78 is 116. The van der Waals surface area contributed by atoms with Crippen LogP contribution in [0.2, 0.25) is 13.1 Å². The summed E-state index contributed by atoms with van der Waals surface area (Å²) in [4.78, 5) is 2.28. The average molecular weight is 666 g/mol. The average Bonchev–Trinajstić information content (AvgIpc) is 3.60. The van der Waals surface area contributed by atoms with E-state index in [0.717, 1.165) is 34.3 Å². The Morgan fingerprint density at radius 1 is 0.630 bits per heavy atom. The van der Waals surface area contributed by atoms with Crippen molar-refractivity contribution < 1.29 is 17.8 Å². The zero-order valence-corrected chi connectivity index (χ0v) is 28.6. The van der Waals surface area contributed by atoms with E-state index in [1.807, 2.05) is 24.3 Å². The van der Waals surface area contributed by atoms with Crippen LogP contribution in [0.4, 0.5) is 0 Å². The van der Waals surface area contributed by atoms with Gasteiger partial charge in [-0.1, -0.05) is 173 Å². The minimum Gasteiger partial charge on any atom is -0.0896 e. The number of benzene rings is 5. The standard InChI is InChI=1S/C43H44S2Si/c1-42(2)33-18-9-11-22-37(33)44-40-31(17-13-20-35(40)42)32-27-29(25-26-30(32)28-15-7-8-16-28)46(5,6)39-24-14-21-36-41(39)45-38-23-12-10-19-34(38)43(36,3)4/h9-14,17-28H,7-8,15-16H2,1-6H3/i1D3,2D3,3D3,4D3,28D. The van der Waals surface area contributed by atoms with Crippen LogP contribution in [0, 0.1) is 0 Å². The molecule has 0 atom stereocenters. The van der Waals surface area contributed by atoms with Gasteiger partial charge in [0, 0.05) is 48.2 Å². The lowest BCUT2D eigenvalue weighted by Gasteiger charge is -2.38. The van der Waals surface area contributed by atoms with Crippen molar-refractivity contribution in [2.75, 3.05) is 0 Å². The molecule has 0 saturated heterocycles. The van der Waals surface area contributed by atoms with Gasteiger partial charge in [-0.25, -0.2) is 0 Å². The van der Waals surface area contributed by atoms with Gasteiger partial charge in [-0.2, -0.15) is 0 Å². The number of fused-ring (bicyclic) bond motifs is 4. The molecule has 8 rings (SSSR count). The largest absolute Gasteiger partial charge is 0.113 e. The lowest BCUT2D eigenvalue weighted by Crippen LogP contribution is -2.54. The Balaban J connectivity index is 1.39. The third kappa shape index (κ3) is 4.64. The normalized spacial score (nSPS) is 23.9. The molecule has 2 aliphatic heterocycles. The van der Waals surface area contributed by atoms with Crippen molar-refractivity contribution in [3.05, 3.63) is 131 Å². The second-order valence-corrected chi connectivity index (χ2v) is 19.7. The SMILES string of the molecule is [2H]C1(c2ccc([Si](C)(C)c3cccc4c3Sc3ccccc3C4(C([2H])([2H])[2H])C([2H])([2H])[2H])cc2-c2cccc3c2Sc2ccccc2C3(C([2H])([2H])[2H])C([2H])([2H])[2H])CCCC1. The molecule has 46 heavy (non-hydrogen) atoms. The van der Waals surface area contributed by atoms with Crippen LogP contribution in [0.1, 0.15) is 105 Å². The molecule has 0 unspecified atom stereocenters. The molecule has 0 bridgehead atoms. The maximum Gasteiger partial charge on any atom is 0.113 e. The highest BCUT2D eigenvalue weighted by molar-refractivity contribution is 8.00. The summed E-state index contributed by atoms with van der Waals surface area (Å²) in [6.45, 7) is -7.44. The van der Waals surface area contributed by atoms with E-state index < -0.39 is 52.2 Å². The molecule has 232 valence electrons. The van der Waals surface area contributed by atoms with Crippen LogP contribution >= 0.6 is 23.5 Å². The molecule has 5 aromatic carbocycles. The summed E-state index contributed by atoms with van der Waals surface area (Å²) in [5, 5.41) is 1.81. The summed E-state index contributed by atoms with van der Waals surface area (Å²) in [5.74, 6) is -0.935. The maximum atomic E-state index is 9.80. The van der Waals surface area contributed by atoms with Gasteiger partial charge in [-0.15, -0.1) is 0 Å². The van der Waals surface area contributed by atoms with E-state index in [4.69, 9.17) is 16.4 Å². The first-order chi connectivity index (χ1) is 27.4. The van der Waals surface area contributed by atoms with Gasteiger partial charge in [0.15, 0.2) is 0 Å². The van der Waals surface area contributed by atoms with E-state index in [9.17, 15) is 1.37 Å². The van der Waals surface area contributed by atoms with Crippen molar-refractivity contribution in [3.8, 4) is 11.1 Å². The second-order valence-electron chi connectivity index (χ2n) is 13.3. The van der Waals surface area contributed by atoms with Gasteiger partial charge in [0.25, 0.3) is 0 Å². The molecule has 1 saturated carbocycles. The zero-order chi connectivity index (χ0) is 42.8. The molecule has 0 aromatic heterocycles. The quantitative estimate of drug-likeness (QED) is 0.175. The highest BCUT2D eigenvalue weighted by Crippen LogP contribution is 2.53. The fraction of sp³-hybridized carbons (Fsp3) is 0.302. The molecule has 1 aliphatic carbocycles. The molecular formula is C43H44S2Si. The van der Waals surface area contributed by atoms with Crippen LogP contribution in [0.5, 0.6) is 0 Å². The highest BCUT2D eigenvalue weighted by atomic mass is 32.2. The van der Waals surface area contributed by atoms with Crippen LogP contribution in [0.15, 0.2) is 123 Å². The van der Waals surface area contributed by atoms with Crippen molar-refractivity contribution >= 4 is 42.0 Å². The van der Waals surface area contributed by atoms with E-state index in [0.29, 0.717) is 38.0 Å². The van der Waals surface area contributed by atoms with Crippen LogP contribution in [-0.4, -0.2) is 8.07 Å². The van der Waals surface area contributed by atoms with Gasteiger partial charge < -0.3 is 0 Å². The van der Waals surface area contributed by atoms with Gasteiger partial charge in [-0.05, 0) is 75.0 Å². The smallest absolute Gasteiger partial charge is 0.0896 e. The van der Waals surface area contributed by atoms with E-state index in [1.54, 1.807) is 72.8 Å². The summed E-state index contributed by atoms with van der Waals surface area (Å²) in [5.41, 5.74) is -1.47. The number of hydrogen-bond donors (Lipinski definition) is 0. The summed E-state index contributed by atoms with van der Waals surface area (Å²) in [6.07, 6.45) is 3.03. The lowest BCUT2D eigenvalue weighted by molar-refractivity contribution is 0.608. The monoisotopic (exact) mass is 665 g/mol. The Labute approximate surface area is 303 Å². The predicted molar refractivity (Wildman–Crippen MR) is 202 cm³/mol. The predicted octanol–water partition coefficient (Wildman–Crippen LogP) is 11.4. The molecule has 1 fully saturated rings. The minimum atomic E-state index is -2.95. The molecule has 0 amide bonds. The van der Waals surface area contributed by atoms with Crippen molar-refractivity contribution in [3.63, 3.8) is 0 Å². The molecule has 0 radical (unpaired) electrons. The Hall–Kier alpha value is -2.98. The second kappa shape index (κ2) is 11.0. The van der Waals surface area contributed by atoms with Gasteiger partial charge in [0.2, 0.25) is 0 Å². The van der Waals surface area contributed by atoms with Gasteiger partial charge in [0.05, 0.1) is 0 Å². The van der Waals surface area contributed by atoms with Gasteiger partial charge >= 0.3 is 0 Å². The van der Waals surface area contributed by atoms with Crippen molar-refractivity contribution in [1.29, 1.82) is 0 Å². The van der Waals surface area contributed by atoms with Gasteiger partial charge in [-0.3, -0.25) is 0 Å². The van der Waals surface area contributed by atoms with E-state index in [2.05, 4.69) is 19.2 Å². The third-order valence-electron chi connectivity index (χ3n) is 10.1.